The largest absolute Gasteiger partial charge is 0.309 e. The van der Waals surface area contributed by atoms with E-state index in [1.54, 1.807) is 0 Å². The Morgan fingerprint density at radius 1 is 0.370 bits per heavy atom. The number of aromatic nitrogens is 3. The number of benzene rings is 8. The summed E-state index contributed by atoms with van der Waals surface area (Å²) in [6.07, 6.45) is 0. The molecular formula is C50H31N3S. The molecule has 0 atom stereocenters. The molecule has 3 nitrogen and oxygen atoms in total. The summed E-state index contributed by atoms with van der Waals surface area (Å²) in [6.45, 7) is 0. The van der Waals surface area contributed by atoms with Crippen molar-refractivity contribution in [2.24, 2.45) is 0 Å². The molecular weight excluding hydrogens is 675 g/mol. The Morgan fingerprint density at radius 3 is 1.69 bits per heavy atom. The number of hydrogen-bond donors (Lipinski definition) is 0. The van der Waals surface area contributed by atoms with Crippen molar-refractivity contribution in [2.75, 3.05) is 0 Å². The van der Waals surface area contributed by atoms with Gasteiger partial charge in [-0.05, 0) is 58.3 Å². The van der Waals surface area contributed by atoms with E-state index in [9.17, 15) is 0 Å². The second-order valence-electron chi connectivity index (χ2n) is 13.7. The van der Waals surface area contributed by atoms with Crippen LogP contribution in [0.15, 0.2) is 188 Å². The van der Waals surface area contributed by atoms with Crippen LogP contribution in [-0.2, 0) is 0 Å². The standard InChI is InChI=1S/C50H31N3S/c1-2-14-32(15-3-1)50-51-44(31-45(52-50)43-24-13-23-42-41-22-8-11-27-48(41)54-49(42)43)38-29-28-35(36-18-4-5-19-37(36)38)33-16-12-17-34(30-33)53-46-25-9-6-20-39(46)40-21-7-10-26-47(40)53/h1-31H. The zero-order valence-electron chi connectivity index (χ0n) is 29.1. The minimum Gasteiger partial charge on any atom is -0.309 e. The van der Waals surface area contributed by atoms with Gasteiger partial charge in [-0.3, -0.25) is 0 Å². The summed E-state index contributed by atoms with van der Waals surface area (Å²) in [5, 5.41) is 7.39. The Kier molecular flexibility index (Phi) is 7.04. The highest BCUT2D eigenvalue weighted by atomic mass is 32.1. The van der Waals surface area contributed by atoms with Gasteiger partial charge in [0.1, 0.15) is 0 Å². The molecule has 0 saturated carbocycles. The van der Waals surface area contributed by atoms with Crippen LogP contribution in [0.3, 0.4) is 0 Å². The SMILES string of the molecule is c1ccc(-c2nc(-c3ccc(-c4cccc(-n5c6ccccc6c6ccccc65)c4)c4ccccc34)cc(-c3cccc4c3sc3ccccc34)n2)cc1. The monoisotopic (exact) mass is 705 g/mol. The van der Waals surface area contributed by atoms with E-state index in [0.29, 0.717) is 5.82 Å². The predicted octanol–water partition coefficient (Wildman–Crippen LogP) is 13.8. The van der Waals surface area contributed by atoms with Crippen LogP contribution in [0, 0.1) is 0 Å². The van der Waals surface area contributed by atoms with Crippen molar-refractivity contribution < 1.29 is 0 Å². The van der Waals surface area contributed by atoms with Gasteiger partial charge in [0.2, 0.25) is 0 Å². The quantitative estimate of drug-likeness (QED) is 0.178. The highest BCUT2D eigenvalue weighted by Crippen LogP contribution is 2.42. The first kappa shape index (κ1) is 30.7. The second kappa shape index (κ2) is 12.4. The highest BCUT2D eigenvalue weighted by Gasteiger charge is 2.18. The van der Waals surface area contributed by atoms with Crippen LogP contribution in [0.25, 0.3) is 103 Å². The number of rotatable bonds is 5. The first-order valence-electron chi connectivity index (χ1n) is 18.2. The molecule has 54 heavy (non-hydrogen) atoms. The summed E-state index contributed by atoms with van der Waals surface area (Å²) in [4.78, 5) is 10.5. The Labute approximate surface area is 316 Å². The van der Waals surface area contributed by atoms with E-state index < -0.39 is 0 Å². The maximum atomic E-state index is 5.27. The Morgan fingerprint density at radius 2 is 0.926 bits per heavy atom. The van der Waals surface area contributed by atoms with Gasteiger partial charge in [0, 0.05) is 53.3 Å². The van der Waals surface area contributed by atoms with E-state index in [2.05, 4.69) is 187 Å². The van der Waals surface area contributed by atoms with Crippen molar-refractivity contribution in [2.45, 2.75) is 0 Å². The molecule has 0 saturated heterocycles. The van der Waals surface area contributed by atoms with Crippen molar-refractivity contribution in [1.82, 2.24) is 14.5 Å². The van der Waals surface area contributed by atoms with Gasteiger partial charge < -0.3 is 4.57 Å². The van der Waals surface area contributed by atoms with E-state index in [1.165, 1.54) is 58.5 Å². The molecule has 0 fully saturated rings. The van der Waals surface area contributed by atoms with E-state index in [4.69, 9.17) is 9.97 Å². The summed E-state index contributed by atoms with van der Waals surface area (Å²) in [5.74, 6) is 0.716. The predicted molar refractivity (Wildman–Crippen MR) is 229 cm³/mol. The number of fused-ring (bicyclic) bond motifs is 7. The maximum absolute atomic E-state index is 5.27. The smallest absolute Gasteiger partial charge is 0.160 e. The molecule has 0 amide bonds. The minimum atomic E-state index is 0.716. The van der Waals surface area contributed by atoms with Crippen LogP contribution in [-0.4, -0.2) is 14.5 Å². The van der Waals surface area contributed by atoms with Gasteiger partial charge in [0.05, 0.1) is 22.4 Å². The molecule has 11 aromatic rings. The molecule has 3 aromatic heterocycles. The molecule has 0 bridgehead atoms. The van der Waals surface area contributed by atoms with Crippen LogP contribution in [0.2, 0.25) is 0 Å². The average molecular weight is 706 g/mol. The summed E-state index contributed by atoms with van der Waals surface area (Å²) in [7, 11) is 0. The molecule has 0 unspecified atom stereocenters. The number of hydrogen-bond acceptors (Lipinski definition) is 3. The van der Waals surface area contributed by atoms with E-state index in [0.717, 1.165) is 39.2 Å². The number of thiophene rings is 1. The van der Waals surface area contributed by atoms with Crippen LogP contribution >= 0.6 is 11.3 Å². The lowest BCUT2D eigenvalue weighted by molar-refractivity contribution is 1.18. The molecule has 252 valence electrons. The van der Waals surface area contributed by atoms with Gasteiger partial charge in [-0.15, -0.1) is 11.3 Å². The molecule has 0 aliphatic heterocycles. The molecule has 11 rings (SSSR count). The topological polar surface area (TPSA) is 30.7 Å². The summed E-state index contributed by atoms with van der Waals surface area (Å²) in [6, 6.07) is 67.2. The van der Waals surface area contributed by atoms with Gasteiger partial charge in [-0.2, -0.15) is 0 Å². The highest BCUT2D eigenvalue weighted by molar-refractivity contribution is 7.26. The van der Waals surface area contributed by atoms with Crippen molar-refractivity contribution in [1.29, 1.82) is 0 Å². The lowest BCUT2D eigenvalue weighted by Gasteiger charge is -2.15. The van der Waals surface area contributed by atoms with Crippen LogP contribution in [0.5, 0.6) is 0 Å². The van der Waals surface area contributed by atoms with Gasteiger partial charge in [-0.1, -0.05) is 152 Å². The van der Waals surface area contributed by atoms with Crippen molar-refractivity contribution >= 4 is 64.1 Å². The van der Waals surface area contributed by atoms with Gasteiger partial charge in [-0.25, -0.2) is 9.97 Å². The lowest BCUT2D eigenvalue weighted by atomic mass is 9.93. The molecule has 0 aliphatic rings. The Bertz CT molecular complexity index is 3170. The van der Waals surface area contributed by atoms with Crippen LogP contribution in [0.4, 0.5) is 0 Å². The maximum Gasteiger partial charge on any atom is 0.160 e. The first-order valence-corrected chi connectivity index (χ1v) is 19.1. The lowest BCUT2D eigenvalue weighted by Crippen LogP contribution is -1.97. The summed E-state index contributed by atoms with van der Waals surface area (Å²) < 4.78 is 4.90. The molecule has 0 radical (unpaired) electrons. The number of nitrogens with zero attached hydrogens (tertiary/aromatic N) is 3. The Balaban J connectivity index is 1.10. The zero-order valence-corrected chi connectivity index (χ0v) is 30.0. The fourth-order valence-corrected chi connectivity index (χ4v) is 9.40. The fraction of sp³-hybridized carbons (Fsp3) is 0. The average Bonchev–Trinajstić information content (AvgIpc) is 3.80. The van der Waals surface area contributed by atoms with E-state index >= 15 is 0 Å². The van der Waals surface area contributed by atoms with Gasteiger partial charge in [0.15, 0.2) is 5.82 Å². The van der Waals surface area contributed by atoms with Crippen LogP contribution in [0.1, 0.15) is 0 Å². The molecule has 0 aliphatic carbocycles. The first-order chi connectivity index (χ1) is 26.8. The number of para-hydroxylation sites is 2. The third kappa shape index (κ3) is 4.88. The van der Waals surface area contributed by atoms with Crippen molar-refractivity contribution in [3.63, 3.8) is 0 Å². The molecule has 3 heterocycles. The minimum absolute atomic E-state index is 0.716. The van der Waals surface area contributed by atoms with Crippen LogP contribution < -0.4 is 0 Å². The molecule has 0 spiro atoms. The van der Waals surface area contributed by atoms with E-state index in [1.807, 2.05) is 17.4 Å². The molecule has 0 N–H and O–H groups in total. The van der Waals surface area contributed by atoms with E-state index in [-0.39, 0.29) is 0 Å². The molecule has 8 aromatic carbocycles. The summed E-state index contributed by atoms with van der Waals surface area (Å²) >= 11 is 1.83. The zero-order chi connectivity index (χ0) is 35.6. The Hall–Kier alpha value is -6.88. The third-order valence-electron chi connectivity index (χ3n) is 10.6. The van der Waals surface area contributed by atoms with Crippen molar-refractivity contribution in [3.8, 4) is 50.7 Å². The van der Waals surface area contributed by atoms with Gasteiger partial charge in [0.25, 0.3) is 0 Å². The third-order valence-corrected chi connectivity index (χ3v) is 11.9. The van der Waals surface area contributed by atoms with Crippen molar-refractivity contribution in [3.05, 3.63) is 188 Å². The summed E-state index contributed by atoms with van der Waals surface area (Å²) in [5.41, 5.74) is 10.9. The van der Waals surface area contributed by atoms with Gasteiger partial charge >= 0.3 is 0 Å². The normalized spacial score (nSPS) is 11.7. The molecule has 4 heteroatoms. The fourth-order valence-electron chi connectivity index (χ4n) is 8.18. The second-order valence-corrected chi connectivity index (χ2v) is 14.8.